The average molecular weight is 340 g/mol. The number of aromatic nitrogens is 3. The van der Waals surface area contributed by atoms with Gasteiger partial charge in [0.05, 0.1) is 24.6 Å². The van der Waals surface area contributed by atoms with Gasteiger partial charge in [-0.1, -0.05) is 0 Å². The van der Waals surface area contributed by atoms with Gasteiger partial charge in [-0.2, -0.15) is 5.10 Å². The topological polar surface area (TPSA) is 60.4 Å². The Hall–Kier alpha value is -2.21. The van der Waals surface area contributed by atoms with Crippen molar-refractivity contribution in [2.45, 2.75) is 32.3 Å². The van der Waals surface area contributed by atoms with Crippen LogP contribution in [0.5, 0.6) is 5.75 Å². The van der Waals surface area contributed by atoms with E-state index >= 15 is 0 Å². The van der Waals surface area contributed by atoms with Gasteiger partial charge in [-0.15, -0.1) is 5.10 Å². The van der Waals surface area contributed by atoms with Crippen LogP contribution in [0.2, 0.25) is 0 Å². The molecule has 2 fully saturated rings. The molecule has 0 bridgehead atoms. The van der Waals surface area contributed by atoms with Crippen molar-refractivity contribution in [3.8, 4) is 5.75 Å². The minimum Gasteiger partial charge on any atom is -0.491 e. The second-order valence-corrected chi connectivity index (χ2v) is 7.05. The van der Waals surface area contributed by atoms with Crippen molar-refractivity contribution in [2.75, 3.05) is 31.2 Å². The number of piperidine rings is 1. The lowest BCUT2D eigenvalue weighted by Gasteiger charge is -2.50. The second-order valence-electron chi connectivity index (χ2n) is 7.05. The van der Waals surface area contributed by atoms with Gasteiger partial charge in [0.2, 0.25) is 0 Å². The fourth-order valence-corrected chi connectivity index (χ4v) is 3.92. The largest absolute Gasteiger partial charge is 0.491 e. The number of hydrogen-bond acceptors (Lipinski definition) is 6. The number of pyridine rings is 1. The van der Waals surface area contributed by atoms with Crippen molar-refractivity contribution in [1.82, 2.24) is 15.2 Å². The Labute approximate surface area is 148 Å². The first-order valence-corrected chi connectivity index (χ1v) is 8.95. The molecule has 132 valence electrons. The standard InChI is InChI=1S/C19H24N4O2/c1-15-5-6-18(22-21-15)23-10-7-17-19(13-23,8-3-11-24-17)14-25-16-4-2-9-20-12-16/h2,4-6,9,12,17H,3,7-8,10-11,13-14H2,1H3/t17-,19+/m1/s1. The molecule has 0 N–H and O–H groups in total. The molecule has 2 aromatic heterocycles. The van der Waals surface area contributed by atoms with Gasteiger partial charge in [0.15, 0.2) is 5.82 Å². The number of nitrogens with zero attached hydrogens (tertiary/aromatic N) is 4. The molecule has 4 rings (SSSR count). The molecule has 2 atom stereocenters. The number of ether oxygens (including phenoxy) is 2. The summed E-state index contributed by atoms with van der Waals surface area (Å²) in [7, 11) is 0. The van der Waals surface area contributed by atoms with Gasteiger partial charge < -0.3 is 14.4 Å². The minimum atomic E-state index is -0.0150. The lowest BCUT2D eigenvalue weighted by Crippen LogP contribution is -2.57. The zero-order valence-electron chi connectivity index (χ0n) is 14.6. The van der Waals surface area contributed by atoms with Crippen molar-refractivity contribution in [1.29, 1.82) is 0 Å². The molecule has 6 heteroatoms. The summed E-state index contributed by atoms with van der Waals surface area (Å²) >= 11 is 0. The summed E-state index contributed by atoms with van der Waals surface area (Å²) < 4.78 is 12.2. The number of anilines is 1. The normalized spacial score (nSPS) is 26.1. The molecule has 0 unspecified atom stereocenters. The number of rotatable bonds is 4. The fraction of sp³-hybridized carbons (Fsp3) is 0.526. The Morgan fingerprint density at radius 3 is 3.08 bits per heavy atom. The molecule has 2 saturated heterocycles. The summed E-state index contributed by atoms with van der Waals surface area (Å²) in [6.45, 7) is 5.27. The van der Waals surface area contributed by atoms with Gasteiger partial charge in [-0.05, 0) is 50.5 Å². The van der Waals surface area contributed by atoms with Crippen molar-refractivity contribution in [3.05, 3.63) is 42.4 Å². The predicted octanol–water partition coefficient (Wildman–Crippen LogP) is 2.63. The Balaban J connectivity index is 1.53. The Morgan fingerprint density at radius 2 is 2.28 bits per heavy atom. The van der Waals surface area contributed by atoms with Crippen LogP contribution in [0.25, 0.3) is 0 Å². The summed E-state index contributed by atoms with van der Waals surface area (Å²) in [4.78, 5) is 6.46. The van der Waals surface area contributed by atoms with Crippen molar-refractivity contribution in [2.24, 2.45) is 5.41 Å². The smallest absolute Gasteiger partial charge is 0.151 e. The van der Waals surface area contributed by atoms with Gasteiger partial charge in [0.1, 0.15) is 5.75 Å². The van der Waals surface area contributed by atoms with Crippen LogP contribution in [0.15, 0.2) is 36.7 Å². The van der Waals surface area contributed by atoms with E-state index in [1.807, 2.05) is 25.1 Å². The van der Waals surface area contributed by atoms with E-state index in [0.717, 1.165) is 56.2 Å². The van der Waals surface area contributed by atoms with E-state index in [9.17, 15) is 0 Å². The molecular weight excluding hydrogens is 316 g/mol. The van der Waals surface area contributed by atoms with E-state index in [1.165, 1.54) is 0 Å². The molecule has 0 radical (unpaired) electrons. The third-order valence-electron chi connectivity index (χ3n) is 5.26. The lowest BCUT2D eigenvalue weighted by molar-refractivity contribution is -0.109. The predicted molar refractivity (Wildman–Crippen MR) is 94.7 cm³/mol. The number of aryl methyl sites for hydroxylation is 1. The van der Waals surface area contributed by atoms with Crippen molar-refractivity contribution < 1.29 is 9.47 Å². The van der Waals surface area contributed by atoms with Crippen LogP contribution in [0.1, 0.15) is 25.0 Å². The van der Waals surface area contributed by atoms with E-state index in [0.29, 0.717) is 6.61 Å². The highest BCUT2D eigenvalue weighted by atomic mass is 16.5. The third kappa shape index (κ3) is 3.44. The molecule has 0 amide bonds. The fourth-order valence-electron chi connectivity index (χ4n) is 3.92. The summed E-state index contributed by atoms with van der Waals surface area (Å²) in [5.41, 5.74) is 0.924. The van der Waals surface area contributed by atoms with Gasteiger partial charge in [0.25, 0.3) is 0 Å². The highest BCUT2D eigenvalue weighted by Gasteiger charge is 2.47. The first kappa shape index (κ1) is 16.3. The van der Waals surface area contributed by atoms with Crippen LogP contribution in [-0.4, -0.2) is 47.6 Å². The highest BCUT2D eigenvalue weighted by Crippen LogP contribution is 2.41. The quantitative estimate of drug-likeness (QED) is 0.853. The van der Waals surface area contributed by atoms with Crippen LogP contribution < -0.4 is 9.64 Å². The Kier molecular flexibility index (Phi) is 4.53. The van der Waals surface area contributed by atoms with E-state index < -0.39 is 0 Å². The molecular formula is C19H24N4O2. The van der Waals surface area contributed by atoms with E-state index in [1.54, 1.807) is 12.4 Å². The maximum atomic E-state index is 6.12. The molecule has 25 heavy (non-hydrogen) atoms. The van der Waals surface area contributed by atoms with E-state index in [-0.39, 0.29) is 11.5 Å². The zero-order chi connectivity index (χ0) is 17.1. The minimum absolute atomic E-state index is 0.0150. The van der Waals surface area contributed by atoms with Crippen LogP contribution in [0.4, 0.5) is 5.82 Å². The summed E-state index contributed by atoms with van der Waals surface area (Å²) in [6.07, 6.45) is 6.94. The summed E-state index contributed by atoms with van der Waals surface area (Å²) in [5, 5.41) is 8.59. The number of hydrogen-bond donors (Lipinski definition) is 0. The molecule has 6 nitrogen and oxygen atoms in total. The molecule has 0 spiro atoms. The molecule has 2 aromatic rings. The van der Waals surface area contributed by atoms with Gasteiger partial charge in [-0.25, -0.2) is 0 Å². The van der Waals surface area contributed by atoms with Gasteiger partial charge in [0, 0.05) is 31.3 Å². The van der Waals surface area contributed by atoms with Crippen molar-refractivity contribution in [3.63, 3.8) is 0 Å². The highest BCUT2D eigenvalue weighted by molar-refractivity contribution is 5.39. The Bertz CT molecular complexity index is 694. The maximum Gasteiger partial charge on any atom is 0.151 e. The second kappa shape index (κ2) is 6.96. The van der Waals surface area contributed by atoms with Crippen molar-refractivity contribution >= 4 is 5.82 Å². The molecule has 4 heterocycles. The average Bonchev–Trinajstić information content (AvgIpc) is 2.67. The molecule has 0 saturated carbocycles. The zero-order valence-corrected chi connectivity index (χ0v) is 14.6. The van der Waals surface area contributed by atoms with Gasteiger partial charge >= 0.3 is 0 Å². The SMILES string of the molecule is Cc1ccc(N2CC[C@H]3OCCC[C@@]3(COc3cccnc3)C2)nn1. The van der Waals surface area contributed by atoms with Gasteiger partial charge in [-0.3, -0.25) is 4.98 Å². The van der Waals surface area contributed by atoms with Crippen LogP contribution in [0, 0.1) is 12.3 Å². The molecule has 0 aliphatic carbocycles. The van der Waals surface area contributed by atoms with Crippen LogP contribution in [0.3, 0.4) is 0 Å². The summed E-state index contributed by atoms with van der Waals surface area (Å²) in [6, 6.07) is 7.93. The summed E-state index contributed by atoms with van der Waals surface area (Å²) in [5.74, 6) is 1.75. The molecule has 2 aliphatic heterocycles. The van der Waals surface area contributed by atoms with E-state index in [4.69, 9.17) is 9.47 Å². The van der Waals surface area contributed by atoms with E-state index in [2.05, 4.69) is 26.1 Å². The lowest BCUT2D eigenvalue weighted by atomic mass is 9.73. The van der Waals surface area contributed by atoms with Crippen LogP contribution in [-0.2, 0) is 4.74 Å². The Morgan fingerprint density at radius 1 is 1.32 bits per heavy atom. The first-order valence-electron chi connectivity index (χ1n) is 8.95. The van der Waals surface area contributed by atoms with Crippen LogP contribution >= 0.6 is 0 Å². The molecule has 2 aliphatic rings. The monoisotopic (exact) mass is 340 g/mol. The number of fused-ring (bicyclic) bond motifs is 1. The first-order chi connectivity index (χ1) is 12.3. The third-order valence-corrected chi connectivity index (χ3v) is 5.26. The molecule has 0 aromatic carbocycles. The maximum absolute atomic E-state index is 6.12.